The van der Waals surface area contributed by atoms with Crippen LogP contribution in [-0.2, 0) is 0 Å². The highest BCUT2D eigenvalue weighted by molar-refractivity contribution is 7.14. The van der Waals surface area contributed by atoms with Crippen molar-refractivity contribution in [3.05, 3.63) is 30.2 Å². The maximum atomic E-state index is 5.73. The van der Waals surface area contributed by atoms with Gasteiger partial charge in [-0.2, -0.15) is 0 Å². The molecule has 0 amide bonds. The SMILES string of the molecule is Nc1ccsc1-c1cncnc1. The van der Waals surface area contributed by atoms with Crippen LogP contribution in [0.5, 0.6) is 0 Å². The van der Waals surface area contributed by atoms with E-state index in [2.05, 4.69) is 9.97 Å². The van der Waals surface area contributed by atoms with Gasteiger partial charge in [0.25, 0.3) is 0 Å². The van der Waals surface area contributed by atoms with Crippen LogP contribution in [0.2, 0.25) is 0 Å². The first-order valence-electron chi connectivity index (χ1n) is 3.46. The number of anilines is 1. The first kappa shape index (κ1) is 7.24. The lowest BCUT2D eigenvalue weighted by Gasteiger charge is -1.95. The highest BCUT2D eigenvalue weighted by atomic mass is 32.1. The predicted molar refractivity (Wildman–Crippen MR) is 49.8 cm³/mol. The Morgan fingerprint density at radius 2 is 2.00 bits per heavy atom. The van der Waals surface area contributed by atoms with Crippen molar-refractivity contribution in [2.24, 2.45) is 0 Å². The molecule has 0 unspecified atom stereocenters. The topological polar surface area (TPSA) is 51.8 Å². The summed E-state index contributed by atoms with van der Waals surface area (Å²) in [6.45, 7) is 0. The summed E-state index contributed by atoms with van der Waals surface area (Å²) in [7, 11) is 0. The van der Waals surface area contributed by atoms with E-state index in [4.69, 9.17) is 5.73 Å². The van der Waals surface area contributed by atoms with Gasteiger partial charge in [-0.3, -0.25) is 0 Å². The monoisotopic (exact) mass is 177 g/mol. The standard InChI is InChI=1S/C8H7N3S/c9-7-1-2-12-8(7)6-3-10-5-11-4-6/h1-5H,9H2. The Morgan fingerprint density at radius 1 is 1.25 bits per heavy atom. The third kappa shape index (κ3) is 1.16. The number of aromatic nitrogens is 2. The Balaban J connectivity index is 2.51. The van der Waals surface area contributed by atoms with Gasteiger partial charge in [-0.05, 0) is 11.4 Å². The molecule has 2 aromatic rings. The van der Waals surface area contributed by atoms with Crippen LogP contribution in [0.1, 0.15) is 0 Å². The Labute approximate surface area is 73.9 Å². The number of nitrogens with two attached hydrogens (primary N) is 1. The van der Waals surface area contributed by atoms with Crippen molar-refractivity contribution in [1.29, 1.82) is 0 Å². The molecule has 2 aromatic heterocycles. The van der Waals surface area contributed by atoms with E-state index in [0.29, 0.717) is 0 Å². The highest BCUT2D eigenvalue weighted by Gasteiger charge is 2.02. The van der Waals surface area contributed by atoms with Crippen LogP contribution in [0.25, 0.3) is 10.4 Å². The number of nitrogens with zero attached hydrogens (tertiary/aromatic N) is 2. The molecule has 0 aliphatic carbocycles. The second-order valence-electron chi connectivity index (χ2n) is 2.33. The van der Waals surface area contributed by atoms with Crippen molar-refractivity contribution in [2.75, 3.05) is 5.73 Å². The zero-order valence-electron chi connectivity index (χ0n) is 6.27. The minimum Gasteiger partial charge on any atom is -0.398 e. The molecule has 0 saturated heterocycles. The van der Waals surface area contributed by atoms with Crippen LogP contribution in [0.3, 0.4) is 0 Å². The van der Waals surface area contributed by atoms with Gasteiger partial charge in [0, 0.05) is 18.0 Å². The smallest absolute Gasteiger partial charge is 0.115 e. The molecule has 0 aromatic carbocycles. The summed E-state index contributed by atoms with van der Waals surface area (Å²) >= 11 is 1.60. The average molecular weight is 177 g/mol. The van der Waals surface area contributed by atoms with E-state index in [1.54, 1.807) is 23.7 Å². The molecule has 2 N–H and O–H groups in total. The van der Waals surface area contributed by atoms with Gasteiger partial charge in [-0.1, -0.05) is 0 Å². The molecule has 3 nitrogen and oxygen atoms in total. The molecule has 0 bridgehead atoms. The van der Waals surface area contributed by atoms with Crippen LogP contribution < -0.4 is 5.73 Å². The quantitative estimate of drug-likeness (QED) is 0.722. The normalized spacial score (nSPS) is 10.0. The fourth-order valence-corrected chi connectivity index (χ4v) is 1.77. The van der Waals surface area contributed by atoms with E-state index in [1.165, 1.54) is 6.33 Å². The Bertz CT molecular complexity index is 369. The lowest BCUT2D eigenvalue weighted by Crippen LogP contribution is -1.85. The van der Waals surface area contributed by atoms with Crippen molar-refractivity contribution >= 4 is 17.0 Å². The largest absolute Gasteiger partial charge is 0.398 e. The molecule has 0 spiro atoms. The molecule has 2 heterocycles. The third-order valence-corrected chi connectivity index (χ3v) is 2.50. The summed E-state index contributed by atoms with van der Waals surface area (Å²) in [5.74, 6) is 0. The number of hydrogen-bond donors (Lipinski definition) is 1. The molecule has 0 aliphatic rings. The van der Waals surface area contributed by atoms with Crippen LogP contribution in [0.15, 0.2) is 30.2 Å². The minimum atomic E-state index is 0.787. The summed E-state index contributed by atoms with van der Waals surface area (Å²) in [5.41, 5.74) is 7.49. The Hall–Kier alpha value is -1.42. The lowest BCUT2D eigenvalue weighted by molar-refractivity contribution is 1.17. The summed E-state index contributed by atoms with van der Waals surface area (Å²) in [6, 6.07) is 1.88. The molecular formula is C8H7N3S. The summed E-state index contributed by atoms with van der Waals surface area (Å²) in [4.78, 5) is 8.88. The number of rotatable bonds is 1. The molecule has 0 aliphatic heterocycles. The zero-order chi connectivity index (χ0) is 8.39. The third-order valence-electron chi connectivity index (χ3n) is 1.52. The van der Waals surface area contributed by atoms with E-state index >= 15 is 0 Å². The van der Waals surface area contributed by atoms with Gasteiger partial charge in [0.15, 0.2) is 0 Å². The second kappa shape index (κ2) is 2.91. The molecule has 12 heavy (non-hydrogen) atoms. The van der Waals surface area contributed by atoms with Gasteiger partial charge < -0.3 is 5.73 Å². The number of nitrogen functional groups attached to an aromatic ring is 1. The molecule has 0 saturated carbocycles. The summed E-state index contributed by atoms with van der Waals surface area (Å²) in [5, 5.41) is 1.96. The average Bonchev–Trinajstić information content (AvgIpc) is 2.53. The van der Waals surface area contributed by atoms with Crippen molar-refractivity contribution in [2.45, 2.75) is 0 Å². The van der Waals surface area contributed by atoms with Gasteiger partial charge >= 0.3 is 0 Å². The van der Waals surface area contributed by atoms with E-state index in [0.717, 1.165) is 16.1 Å². The molecule has 0 fully saturated rings. The zero-order valence-corrected chi connectivity index (χ0v) is 7.08. The summed E-state index contributed by atoms with van der Waals surface area (Å²) < 4.78 is 0. The van der Waals surface area contributed by atoms with Gasteiger partial charge in [-0.15, -0.1) is 11.3 Å². The van der Waals surface area contributed by atoms with E-state index in [1.807, 2.05) is 11.4 Å². The van der Waals surface area contributed by atoms with E-state index in [9.17, 15) is 0 Å². The molecule has 0 radical (unpaired) electrons. The lowest BCUT2D eigenvalue weighted by atomic mass is 10.2. The second-order valence-corrected chi connectivity index (χ2v) is 3.25. The van der Waals surface area contributed by atoms with Crippen LogP contribution in [0, 0.1) is 0 Å². The molecule has 0 atom stereocenters. The number of thiophene rings is 1. The van der Waals surface area contributed by atoms with Gasteiger partial charge in [0.05, 0.1) is 10.6 Å². The van der Waals surface area contributed by atoms with Crippen molar-refractivity contribution in [3.63, 3.8) is 0 Å². The number of hydrogen-bond acceptors (Lipinski definition) is 4. The maximum Gasteiger partial charge on any atom is 0.115 e. The van der Waals surface area contributed by atoms with Gasteiger partial charge in [0.2, 0.25) is 0 Å². The van der Waals surface area contributed by atoms with Crippen LogP contribution in [0.4, 0.5) is 5.69 Å². The van der Waals surface area contributed by atoms with Crippen molar-refractivity contribution in [1.82, 2.24) is 9.97 Å². The molecule has 4 heteroatoms. The maximum absolute atomic E-state index is 5.73. The Morgan fingerprint density at radius 3 is 2.58 bits per heavy atom. The van der Waals surface area contributed by atoms with E-state index < -0.39 is 0 Å². The Kier molecular flexibility index (Phi) is 1.75. The highest BCUT2D eigenvalue weighted by Crippen LogP contribution is 2.29. The fraction of sp³-hybridized carbons (Fsp3) is 0. The molecule has 2 rings (SSSR count). The predicted octanol–water partition coefficient (Wildman–Crippen LogP) is 1.79. The first-order valence-corrected chi connectivity index (χ1v) is 4.34. The van der Waals surface area contributed by atoms with Gasteiger partial charge in [-0.25, -0.2) is 9.97 Å². The van der Waals surface area contributed by atoms with Crippen molar-refractivity contribution in [3.8, 4) is 10.4 Å². The van der Waals surface area contributed by atoms with E-state index in [-0.39, 0.29) is 0 Å². The first-order chi connectivity index (χ1) is 5.88. The van der Waals surface area contributed by atoms with Crippen LogP contribution >= 0.6 is 11.3 Å². The van der Waals surface area contributed by atoms with Crippen LogP contribution in [-0.4, -0.2) is 9.97 Å². The van der Waals surface area contributed by atoms with Gasteiger partial charge in [0.1, 0.15) is 6.33 Å². The minimum absolute atomic E-state index is 0.787. The molecular weight excluding hydrogens is 170 g/mol. The molecule has 60 valence electrons. The summed E-state index contributed by atoms with van der Waals surface area (Å²) in [6.07, 6.45) is 5.03. The fourth-order valence-electron chi connectivity index (χ4n) is 0.970. The van der Waals surface area contributed by atoms with Crippen molar-refractivity contribution < 1.29 is 0 Å².